The number of nitrogens with zero attached hydrogens (tertiary/aromatic N) is 2. The molecule has 3 heteroatoms. The average molecular weight is 250 g/mol. The molecule has 0 aliphatic rings. The highest BCUT2D eigenvalue weighted by Gasteiger charge is 2.10. The maximum Gasteiger partial charge on any atom is 0.132 e. The van der Waals surface area contributed by atoms with E-state index in [4.69, 9.17) is 5.26 Å². The maximum absolute atomic E-state index is 9.13. The Morgan fingerprint density at radius 2 is 1.89 bits per heavy atom. The number of nitriles is 1. The molecule has 3 aromatic rings. The molecule has 0 aliphatic heterocycles. The highest BCUT2D eigenvalue weighted by Crippen LogP contribution is 2.29. The Kier molecular flexibility index (Phi) is 2.58. The van der Waals surface area contributed by atoms with Crippen molar-refractivity contribution in [3.8, 4) is 17.3 Å². The van der Waals surface area contributed by atoms with Crippen LogP contribution in [0.15, 0.2) is 42.5 Å². The first-order valence-electron chi connectivity index (χ1n) is 5.64. The normalized spacial score (nSPS) is 10.4. The quantitative estimate of drug-likeness (QED) is 0.650. The summed E-state index contributed by atoms with van der Waals surface area (Å²) in [5.74, 6) is 0. The molecule has 1 heterocycles. The first kappa shape index (κ1) is 10.9. The number of hydrogen-bond donors (Lipinski definition) is 0. The Labute approximate surface area is 109 Å². The third kappa shape index (κ3) is 1.77. The summed E-state index contributed by atoms with van der Waals surface area (Å²) in [5.41, 5.74) is 1.81. The highest BCUT2D eigenvalue weighted by atomic mass is 32.1. The van der Waals surface area contributed by atoms with Crippen molar-refractivity contribution in [1.82, 2.24) is 4.98 Å². The van der Waals surface area contributed by atoms with E-state index in [1.54, 1.807) is 0 Å². The van der Waals surface area contributed by atoms with E-state index in [1.165, 1.54) is 22.1 Å². The summed E-state index contributed by atoms with van der Waals surface area (Å²) in [6.45, 7) is 1.93. The number of hydrogen-bond acceptors (Lipinski definition) is 3. The van der Waals surface area contributed by atoms with Crippen molar-refractivity contribution in [2.45, 2.75) is 6.92 Å². The fourth-order valence-corrected chi connectivity index (χ4v) is 2.77. The first-order valence-corrected chi connectivity index (χ1v) is 6.46. The van der Waals surface area contributed by atoms with Gasteiger partial charge in [0.15, 0.2) is 0 Å². The molecule has 0 bridgehead atoms. The van der Waals surface area contributed by atoms with E-state index >= 15 is 0 Å². The van der Waals surface area contributed by atoms with Crippen LogP contribution in [0.3, 0.4) is 0 Å². The van der Waals surface area contributed by atoms with Gasteiger partial charge in [-0.2, -0.15) is 5.26 Å². The Hall–Kier alpha value is -2.18. The Bertz CT molecular complexity index is 766. The summed E-state index contributed by atoms with van der Waals surface area (Å²) in [7, 11) is 0. The molecular formula is C15H10N2S. The molecule has 2 nitrogen and oxygen atoms in total. The zero-order valence-corrected chi connectivity index (χ0v) is 10.7. The minimum Gasteiger partial charge on any atom is -0.240 e. The van der Waals surface area contributed by atoms with Gasteiger partial charge in [-0.15, -0.1) is 11.3 Å². The molecule has 3 rings (SSSR count). The summed E-state index contributed by atoms with van der Waals surface area (Å²) in [6.07, 6.45) is 0. The summed E-state index contributed by atoms with van der Waals surface area (Å²) in [6, 6.07) is 16.6. The van der Waals surface area contributed by atoms with Gasteiger partial charge in [0.25, 0.3) is 0 Å². The third-order valence-electron chi connectivity index (χ3n) is 2.86. The van der Waals surface area contributed by atoms with Crippen LogP contribution in [0.4, 0.5) is 0 Å². The maximum atomic E-state index is 9.13. The number of rotatable bonds is 1. The van der Waals surface area contributed by atoms with Crippen molar-refractivity contribution in [2.24, 2.45) is 0 Å². The smallest absolute Gasteiger partial charge is 0.132 e. The SMILES string of the molecule is Cc1nc(-c2ccc3ccccc3c2)c(C#N)s1. The second-order valence-electron chi connectivity index (χ2n) is 4.08. The molecule has 1 aromatic heterocycles. The fraction of sp³-hybridized carbons (Fsp3) is 0.0667. The predicted molar refractivity (Wildman–Crippen MR) is 74.5 cm³/mol. The van der Waals surface area contributed by atoms with Gasteiger partial charge in [-0.25, -0.2) is 4.98 Å². The summed E-state index contributed by atoms with van der Waals surface area (Å²) in [5, 5.41) is 12.4. The summed E-state index contributed by atoms with van der Waals surface area (Å²) < 4.78 is 0. The van der Waals surface area contributed by atoms with Crippen LogP contribution < -0.4 is 0 Å². The topological polar surface area (TPSA) is 36.7 Å². The lowest BCUT2D eigenvalue weighted by atomic mass is 10.0. The second-order valence-corrected chi connectivity index (χ2v) is 5.29. The van der Waals surface area contributed by atoms with E-state index in [1.807, 2.05) is 25.1 Å². The van der Waals surface area contributed by atoms with Crippen LogP contribution >= 0.6 is 11.3 Å². The molecule has 0 amide bonds. The zero-order valence-electron chi connectivity index (χ0n) is 9.84. The van der Waals surface area contributed by atoms with Gasteiger partial charge < -0.3 is 0 Å². The summed E-state index contributed by atoms with van der Waals surface area (Å²) >= 11 is 1.44. The van der Waals surface area contributed by atoms with Gasteiger partial charge in [-0.05, 0) is 23.8 Å². The standard InChI is InChI=1S/C15H10N2S/c1-10-17-15(14(9-16)18-10)13-7-6-11-4-2-3-5-12(11)8-13/h2-8H,1H3. The fourth-order valence-electron chi connectivity index (χ4n) is 2.04. The molecule has 0 radical (unpaired) electrons. The van der Waals surface area contributed by atoms with Gasteiger partial charge in [0.05, 0.1) is 10.7 Å². The van der Waals surface area contributed by atoms with Gasteiger partial charge in [0.2, 0.25) is 0 Å². The number of thiazole rings is 1. The minimum absolute atomic E-state index is 0.683. The van der Waals surface area contributed by atoms with Crippen LogP contribution in [0.5, 0.6) is 0 Å². The highest BCUT2D eigenvalue weighted by molar-refractivity contribution is 7.12. The Balaban J connectivity index is 2.22. The van der Waals surface area contributed by atoms with E-state index in [0.29, 0.717) is 4.88 Å². The van der Waals surface area contributed by atoms with Crippen LogP contribution in [0.1, 0.15) is 9.88 Å². The third-order valence-corrected chi connectivity index (χ3v) is 3.73. The van der Waals surface area contributed by atoms with Crippen LogP contribution in [-0.4, -0.2) is 4.98 Å². The molecule has 0 unspecified atom stereocenters. The molecule has 0 atom stereocenters. The lowest BCUT2D eigenvalue weighted by Gasteiger charge is -2.01. The summed E-state index contributed by atoms with van der Waals surface area (Å²) in [4.78, 5) is 5.14. The van der Waals surface area contributed by atoms with Crippen molar-refractivity contribution >= 4 is 22.1 Å². The molecule has 0 aliphatic carbocycles. The van der Waals surface area contributed by atoms with Crippen LogP contribution in [0.2, 0.25) is 0 Å². The van der Waals surface area contributed by atoms with E-state index in [0.717, 1.165) is 16.3 Å². The molecule has 0 spiro atoms. The van der Waals surface area contributed by atoms with Crippen molar-refractivity contribution in [3.63, 3.8) is 0 Å². The Morgan fingerprint density at radius 3 is 2.67 bits per heavy atom. The molecule has 0 saturated carbocycles. The van der Waals surface area contributed by atoms with Crippen molar-refractivity contribution in [1.29, 1.82) is 5.26 Å². The van der Waals surface area contributed by atoms with Crippen molar-refractivity contribution in [2.75, 3.05) is 0 Å². The molecular weight excluding hydrogens is 240 g/mol. The molecule has 18 heavy (non-hydrogen) atoms. The number of fused-ring (bicyclic) bond motifs is 1. The zero-order chi connectivity index (χ0) is 12.5. The molecule has 86 valence electrons. The number of aryl methyl sites for hydroxylation is 1. The molecule has 0 N–H and O–H groups in total. The molecule has 0 saturated heterocycles. The van der Waals surface area contributed by atoms with E-state index < -0.39 is 0 Å². The largest absolute Gasteiger partial charge is 0.240 e. The van der Waals surface area contributed by atoms with Gasteiger partial charge in [-0.1, -0.05) is 36.4 Å². The molecule has 0 fully saturated rings. The van der Waals surface area contributed by atoms with Crippen molar-refractivity contribution in [3.05, 3.63) is 52.3 Å². The number of benzene rings is 2. The minimum atomic E-state index is 0.683. The van der Waals surface area contributed by atoms with E-state index in [9.17, 15) is 0 Å². The van der Waals surface area contributed by atoms with Crippen LogP contribution in [0.25, 0.3) is 22.0 Å². The van der Waals surface area contributed by atoms with Crippen molar-refractivity contribution < 1.29 is 0 Å². The second kappa shape index (κ2) is 4.25. The van der Waals surface area contributed by atoms with Gasteiger partial charge in [0, 0.05) is 5.56 Å². The monoisotopic (exact) mass is 250 g/mol. The van der Waals surface area contributed by atoms with E-state index in [2.05, 4.69) is 35.3 Å². The predicted octanol–water partition coefficient (Wildman–Crippen LogP) is 4.14. The lowest BCUT2D eigenvalue weighted by Crippen LogP contribution is -1.82. The van der Waals surface area contributed by atoms with Gasteiger partial charge in [-0.3, -0.25) is 0 Å². The van der Waals surface area contributed by atoms with E-state index in [-0.39, 0.29) is 0 Å². The van der Waals surface area contributed by atoms with Crippen LogP contribution in [0, 0.1) is 18.3 Å². The average Bonchev–Trinajstić information content (AvgIpc) is 2.79. The first-order chi connectivity index (χ1) is 8.78. The number of aromatic nitrogens is 1. The van der Waals surface area contributed by atoms with Gasteiger partial charge in [0.1, 0.15) is 10.9 Å². The lowest BCUT2D eigenvalue weighted by molar-refractivity contribution is 1.29. The Morgan fingerprint density at radius 1 is 1.11 bits per heavy atom. The molecule has 2 aromatic carbocycles. The van der Waals surface area contributed by atoms with Gasteiger partial charge >= 0.3 is 0 Å². The van der Waals surface area contributed by atoms with Crippen LogP contribution in [-0.2, 0) is 0 Å².